The molecule has 1 aliphatic rings. The molecule has 2 rings (SSSR count). The molecule has 2 atom stereocenters. The van der Waals surface area contributed by atoms with Crippen molar-refractivity contribution in [3.8, 4) is 0 Å². The Kier molecular flexibility index (Phi) is 5.22. The van der Waals surface area contributed by atoms with Gasteiger partial charge in [-0.2, -0.15) is 0 Å². The van der Waals surface area contributed by atoms with E-state index in [1.54, 1.807) is 31.2 Å². The van der Waals surface area contributed by atoms with Crippen LogP contribution in [0.25, 0.3) is 0 Å². The van der Waals surface area contributed by atoms with E-state index in [9.17, 15) is 14.7 Å². The highest BCUT2D eigenvalue weighted by molar-refractivity contribution is 5.97. The number of esters is 1. The van der Waals surface area contributed by atoms with Crippen LogP contribution in [0.2, 0.25) is 0 Å². The van der Waals surface area contributed by atoms with Gasteiger partial charge in [0.25, 0.3) is 0 Å². The van der Waals surface area contributed by atoms with Gasteiger partial charge < -0.3 is 9.84 Å². The summed E-state index contributed by atoms with van der Waals surface area (Å²) >= 11 is 0. The average Bonchev–Trinajstić information content (AvgIpc) is 2.51. The Bertz CT molecular complexity index is 552. The molecule has 0 aliphatic carbocycles. The van der Waals surface area contributed by atoms with E-state index in [1.165, 1.54) is 12.8 Å². The summed E-state index contributed by atoms with van der Waals surface area (Å²) in [5.41, 5.74) is -0.234. The molecule has 1 aromatic rings. The zero-order valence-corrected chi connectivity index (χ0v) is 13.3. The molecule has 1 N–H and O–H groups in total. The maximum absolute atomic E-state index is 12.1. The molecule has 4 heteroatoms. The van der Waals surface area contributed by atoms with Gasteiger partial charge in [0.15, 0.2) is 0 Å². The summed E-state index contributed by atoms with van der Waals surface area (Å²) in [5.74, 6) is -1.35. The third kappa shape index (κ3) is 3.01. The predicted octanol–water partition coefficient (Wildman–Crippen LogP) is 3.93. The molecule has 0 saturated carbocycles. The highest BCUT2D eigenvalue weighted by Crippen LogP contribution is 2.39. The van der Waals surface area contributed by atoms with Gasteiger partial charge in [0.1, 0.15) is 11.5 Å². The summed E-state index contributed by atoms with van der Waals surface area (Å²) in [6.45, 7) is 3.82. The van der Waals surface area contributed by atoms with Gasteiger partial charge in [-0.25, -0.2) is 4.79 Å². The summed E-state index contributed by atoms with van der Waals surface area (Å²) in [6.07, 6.45) is 5.39. The Balaban J connectivity index is 2.20. The lowest BCUT2D eigenvalue weighted by Crippen LogP contribution is -2.50. The van der Waals surface area contributed by atoms with Crippen molar-refractivity contribution >= 4 is 11.9 Å². The van der Waals surface area contributed by atoms with Crippen molar-refractivity contribution in [3.63, 3.8) is 0 Å². The number of hydrogen-bond donors (Lipinski definition) is 1. The van der Waals surface area contributed by atoms with Crippen LogP contribution in [0.15, 0.2) is 24.3 Å². The standard InChI is InChI=1S/C18H24O4/c1-3-4-5-6-7-12-15-18(2,17(20)21)14-11-9-8-10-13(14)16(19)22-15/h8-11,15H,3-7,12H2,1-2H3,(H,20,21). The number of carboxylic acid groups (broad SMARTS) is 1. The molecule has 0 radical (unpaired) electrons. The van der Waals surface area contributed by atoms with Crippen LogP contribution in [0, 0.1) is 0 Å². The predicted molar refractivity (Wildman–Crippen MR) is 84.0 cm³/mol. The van der Waals surface area contributed by atoms with Gasteiger partial charge in [-0.15, -0.1) is 0 Å². The second kappa shape index (κ2) is 6.95. The highest BCUT2D eigenvalue weighted by atomic mass is 16.5. The Labute approximate surface area is 131 Å². The topological polar surface area (TPSA) is 63.6 Å². The van der Waals surface area contributed by atoms with Crippen LogP contribution in [0.5, 0.6) is 0 Å². The Morgan fingerprint density at radius 1 is 1.23 bits per heavy atom. The monoisotopic (exact) mass is 304 g/mol. The van der Waals surface area contributed by atoms with Gasteiger partial charge in [0, 0.05) is 0 Å². The van der Waals surface area contributed by atoms with Crippen molar-refractivity contribution in [1.82, 2.24) is 0 Å². The van der Waals surface area contributed by atoms with Crippen LogP contribution < -0.4 is 0 Å². The first-order chi connectivity index (χ1) is 10.5. The molecule has 0 amide bonds. The van der Waals surface area contributed by atoms with Crippen LogP contribution in [-0.2, 0) is 14.9 Å². The zero-order chi connectivity index (χ0) is 16.2. The summed E-state index contributed by atoms with van der Waals surface area (Å²) < 4.78 is 5.48. The van der Waals surface area contributed by atoms with Crippen molar-refractivity contribution in [2.45, 2.75) is 63.9 Å². The second-order valence-electron chi connectivity index (χ2n) is 6.15. The fourth-order valence-electron chi connectivity index (χ4n) is 3.13. The lowest BCUT2D eigenvalue weighted by Gasteiger charge is -2.38. The number of carbonyl (C=O) groups is 2. The maximum atomic E-state index is 12.1. The largest absolute Gasteiger partial charge is 0.480 e. The summed E-state index contributed by atoms with van der Waals surface area (Å²) in [7, 11) is 0. The number of ether oxygens (including phenoxy) is 1. The van der Waals surface area contributed by atoms with Crippen LogP contribution in [0.1, 0.15) is 68.3 Å². The van der Waals surface area contributed by atoms with Gasteiger partial charge in [-0.1, -0.05) is 50.8 Å². The van der Waals surface area contributed by atoms with Gasteiger partial charge in [0.2, 0.25) is 0 Å². The van der Waals surface area contributed by atoms with Crippen molar-refractivity contribution in [2.75, 3.05) is 0 Å². The number of hydrogen-bond acceptors (Lipinski definition) is 3. The number of rotatable bonds is 7. The number of benzene rings is 1. The maximum Gasteiger partial charge on any atom is 0.338 e. The molecule has 2 unspecified atom stereocenters. The average molecular weight is 304 g/mol. The first-order valence-corrected chi connectivity index (χ1v) is 8.05. The lowest BCUT2D eigenvalue weighted by atomic mass is 9.72. The normalized spacial score (nSPS) is 23.7. The van der Waals surface area contributed by atoms with Crippen molar-refractivity contribution in [1.29, 1.82) is 0 Å². The summed E-state index contributed by atoms with van der Waals surface area (Å²) in [6, 6.07) is 6.87. The summed E-state index contributed by atoms with van der Waals surface area (Å²) in [5, 5.41) is 9.75. The van der Waals surface area contributed by atoms with E-state index in [2.05, 4.69) is 6.92 Å². The van der Waals surface area contributed by atoms with Crippen LogP contribution in [-0.4, -0.2) is 23.1 Å². The van der Waals surface area contributed by atoms with E-state index in [4.69, 9.17) is 4.74 Å². The Morgan fingerprint density at radius 2 is 1.91 bits per heavy atom. The van der Waals surface area contributed by atoms with E-state index in [1.807, 2.05) is 0 Å². The van der Waals surface area contributed by atoms with E-state index in [0.29, 0.717) is 17.5 Å². The minimum Gasteiger partial charge on any atom is -0.480 e. The first-order valence-electron chi connectivity index (χ1n) is 8.05. The number of cyclic esters (lactones) is 1. The Hall–Kier alpha value is -1.84. The lowest BCUT2D eigenvalue weighted by molar-refractivity contribution is -0.149. The van der Waals surface area contributed by atoms with Crippen molar-refractivity contribution < 1.29 is 19.4 Å². The van der Waals surface area contributed by atoms with E-state index < -0.39 is 23.5 Å². The summed E-state index contributed by atoms with van der Waals surface area (Å²) in [4.78, 5) is 24.0. The molecule has 0 aromatic heterocycles. The smallest absolute Gasteiger partial charge is 0.338 e. The molecule has 0 bridgehead atoms. The van der Waals surface area contributed by atoms with E-state index >= 15 is 0 Å². The van der Waals surface area contributed by atoms with Gasteiger partial charge in [-0.05, 0) is 31.4 Å². The fourth-order valence-corrected chi connectivity index (χ4v) is 3.13. The quantitative estimate of drug-likeness (QED) is 0.612. The minimum absolute atomic E-state index is 0.370. The molecule has 0 saturated heterocycles. The van der Waals surface area contributed by atoms with E-state index in [0.717, 1.165) is 19.3 Å². The second-order valence-corrected chi connectivity index (χ2v) is 6.15. The SMILES string of the molecule is CCCCCCCC1OC(=O)c2ccccc2C1(C)C(=O)O. The van der Waals surface area contributed by atoms with Gasteiger partial charge in [-0.3, -0.25) is 4.79 Å². The molecule has 4 nitrogen and oxygen atoms in total. The molecule has 120 valence electrons. The van der Waals surface area contributed by atoms with E-state index in [-0.39, 0.29) is 0 Å². The molecule has 1 aromatic carbocycles. The molecule has 1 aliphatic heterocycles. The van der Waals surface area contributed by atoms with Crippen LogP contribution >= 0.6 is 0 Å². The zero-order valence-electron chi connectivity index (χ0n) is 13.3. The van der Waals surface area contributed by atoms with Gasteiger partial charge in [0.05, 0.1) is 5.56 Å². The number of carbonyl (C=O) groups excluding carboxylic acids is 1. The number of aliphatic carboxylic acids is 1. The number of carboxylic acids is 1. The fraction of sp³-hybridized carbons (Fsp3) is 0.556. The third-order valence-corrected chi connectivity index (χ3v) is 4.61. The molecule has 22 heavy (non-hydrogen) atoms. The Morgan fingerprint density at radius 3 is 2.59 bits per heavy atom. The molecule has 0 spiro atoms. The first kappa shape index (κ1) is 16.5. The molecule has 1 heterocycles. The van der Waals surface area contributed by atoms with Crippen molar-refractivity contribution in [3.05, 3.63) is 35.4 Å². The van der Waals surface area contributed by atoms with Crippen LogP contribution in [0.4, 0.5) is 0 Å². The highest BCUT2D eigenvalue weighted by Gasteiger charge is 2.50. The van der Waals surface area contributed by atoms with Crippen LogP contribution in [0.3, 0.4) is 0 Å². The molecule has 0 fully saturated rings. The third-order valence-electron chi connectivity index (χ3n) is 4.61. The van der Waals surface area contributed by atoms with Gasteiger partial charge >= 0.3 is 11.9 Å². The molecular weight excluding hydrogens is 280 g/mol. The number of fused-ring (bicyclic) bond motifs is 1. The van der Waals surface area contributed by atoms with Crippen molar-refractivity contribution in [2.24, 2.45) is 0 Å². The minimum atomic E-state index is -1.17. The molecular formula is C18H24O4. The number of unbranched alkanes of at least 4 members (excludes halogenated alkanes) is 4.